The van der Waals surface area contributed by atoms with Crippen LogP contribution in [0.3, 0.4) is 0 Å². The molecule has 0 radical (unpaired) electrons. The Morgan fingerprint density at radius 3 is 1.92 bits per heavy atom. The summed E-state index contributed by atoms with van der Waals surface area (Å²) in [7, 11) is 0. The molecular formula is C20H30N4S2. The van der Waals surface area contributed by atoms with Gasteiger partial charge in [0.05, 0.1) is 15.9 Å². The molecule has 0 amide bonds. The maximum atomic E-state index is 4.22. The van der Waals surface area contributed by atoms with E-state index in [0.29, 0.717) is 0 Å². The van der Waals surface area contributed by atoms with E-state index in [-0.39, 0.29) is 0 Å². The lowest BCUT2D eigenvalue weighted by Gasteiger charge is -1.84. The normalized spacial score (nSPS) is 8.77. The second kappa shape index (κ2) is 14.3. The number of aryl methyl sites for hydroxylation is 2. The Balaban J connectivity index is 0.000000375. The summed E-state index contributed by atoms with van der Waals surface area (Å²) in [5, 5.41) is 2.40. The van der Waals surface area contributed by atoms with Crippen LogP contribution in [0, 0.1) is 13.8 Å². The minimum atomic E-state index is 1.05. The molecule has 142 valence electrons. The smallest absolute Gasteiger partial charge is 0.0874 e. The second-order valence-electron chi connectivity index (χ2n) is 4.27. The fourth-order valence-electron chi connectivity index (χ4n) is 1.82. The van der Waals surface area contributed by atoms with Crippen LogP contribution in [-0.2, 0) is 0 Å². The molecule has 4 nitrogen and oxygen atoms in total. The first kappa shape index (κ1) is 24.1. The number of hydrogen-bond donors (Lipinski definition) is 0. The summed E-state index contributed by atoms with van der Waals surface area (Å²) in [6.45, 7) is 16.1. The fourth-order valence-corrected chi connectivity index (χ4v) is 3.23. The molecule has 4 aromatic rings. The highest BCUT2D eigenvalue weighted by molar-refractivity contribution is 7.13. The standard InChI is InChI=1S/2C7H6N2S.3C2H6/c1-5-6-4-8-3-2-7(6)9-10-5;1-5-6-2-3-8-4-7(6)10-9-5;3*1-2/h2*2-4H,1H3;3*1-2H3. The van der Waals surface area contributed by atoms with Gasteiger partial charge in [0.25, 0.3) is 0 Å². The summed E-state index contributed by atoms with van der Waals surface area (Å²) in [5.74, 6) is 0. The minimum absolute atomic E-state index is 1.05. The van der Waals surface area contributed by atoms with Gasteiger partial charge in [0, 0.05) is 40.4 Å². The molecule has 0 spiro atoms. The van der Waals surface area contributed by atoms with Crippen LogP contribution in [0.5, 0.6) is 0 Å². The summed E-state index contributed by atoms with van der Waals surface area (Å²) < 4.78 is 9.58. The molecule has 0 fully saturated rings. The molecule has 0 bridgehead atoms. The molecule has 0 aliphatic heterocycles. The highest BCUT2D eigenvalue weighted by Gasteiger charge is 1.99. The first-order valence-electron chi connectivity index (χ1n) is 9.07. The number of fused-ring (bicyclic) bond motifs is 2. The van der Waals surface area contributed by atoms with Gasteiger partial charge in [0.1, 0.15) is 0 Å². The Labute approximate surface area is 165 Å². The monoisotopic (exact) mass is 390 g/mol. The minimum Gasteiger partial charge on any atom is -0.264 e. The van der Waals surface area contributed by atoms with Crippen molar-refractivity contribution in [2.75, 3.05) is 0 Å². The van der Waals surface area contributed by atoms with Crippen molar-refractivity contribution in [2.24, 2.45) is 0 Å². The maximum Gasteiger partial charge on any atom is 0.0874 e. The number of aromatic nitrogens is 4. The molecule has 4 heterocycles. The third-order valence-electron chi connectivity index (χ3n) is 2.91. The number of pyridine rings is 2. The topological polar surface area (TPSA) is 51.6 Å². The van der Waals surface area contributed by atoms with E-state index in [0.717, 1.165) is 11.2 Å². The first-order valence-corrected chi connectivity index (χ1v) is 10.6. The van der Waals surface area contributed by atoms with Gasteiger partial charge in [-0.2, -0.15) is 8.75 Å². The SMILES string of the molecule is CC.CC.CC.Cc1nsc2cnccc12.Cc1snc2ccncc12. The van der Waals surface area contributed by atoms with Crippen LogP contribution in [0.1, 0.15) is 52.1 Å². The molecule has 26 heavy (non-hydrogen) atoms. The second-order valence-corrected chi connectivity index (χ2v) is 6.05. The highest BCUT2D eigenvalue weighted by atomic mass is 32.1. The first-order chi connectivity index (χ1) is 12.8. The largest absolute Gasteiger partial charge is 0.264 e. The van der Waals surface area contributed by atoms with Crippen LogP contribution >= 0.6 is 23.1 Å². The summed E-state index contributed by atoms with van der Waals surface area (Å²) in [4.78, 5) is 9.25. The van der Waals surface area contributed by atoms with Crippen molar-refractivity contribution in [1.29, 1.82) is 0 Å². The number of rotatable bonds is 0. The van der Waals surface area contributed by atoms with Crippen molar-refractivity contribution in [1.82, 2.24) is 18.7 Å². The molecule has 0 N–H and O–H groups in total. The lowest BCUT2D eigenvalue weighted by atomic mass is 10.3. The lowest BCUT2D eigenvalue weighted by molar-refractivity contribution is 1.35. The molecule has 4 rings (SSSR count). The van der Waals surface area contributed by atoms with Crippen LogP contribution in [0.4, 0.5) is 0 Å². The van der Waals surface area contributed by atoms with Crippen LogP contribution in [0.25, 0.3) is 21.0 Å². The highest BCUT2D eigenvalue weighted by Crippen LogP contribution is 2.20. The zero-order valence-electron chi connectivity index (χ0n) is 17.1. The van der Waals surface area contributed by atoms with E-state index >= 15 is 0 Å². The Bertz CT molecular complexity index is 781. The molecule has 0 saturated carbocycles. The van der Waals surface area contributed by atoms with E-state index in [1.165, 1.54) is 43.4 Å². The Hall–Kier alpha value is -1.92. The molecular weight excluding hydrogens is 360 g/mol. The molecule has 0 aromatic carbocycles. The summed E-state index contributed by atoms with van der Waals surface area (Å²) in [5.41, 5.74) is 2.15. The van der Waals surface area contributed by atoms with Crippen LogP contribution in [0.2, 0.25) is 0 Å². The maximum absolute atomic E-state index is 4.22. The van der Waals surface area contributed by atoms with Gasteiger partial charge in [0.15, 0.2) is 0 Å². The van der Waals surface area contributed by atoms with Crippen molar-refractivity contribution >= 4 is 44.1 Å². The average Bonchev–Trinajstić information content (AvgIpc) is 3.31. The summed E-state index contributed by atoms with van der Waals surface area (Å²) in [6, 6.07) is 3.92. The van der Waals surface area contributed by atoms with Gasteiger partial charge < -0.3 is 0 Å². The zero-order valence-corrected chi connectivity index (χ0v) is 18.7. The van der Waals surface area contributed by atoms with E-state index < -0.39 is 0 Å². The molecule has 0 aliphatic rings. The van der Waals surface area contributed by atoms with E-state index in [4.69, 9.17) is 0 Å². The zero-order chi connectivity index (χ0) is 19.9. The average molecular weight is 391 g/mol. The van der Waals surface area contributed by atoms with E-state index in [9.17, 15) is 0 Å². The van der Waals surface area contributed by atoms with Crippen molar-refractivity contribution in [2.45, 2.75) is 55.4 Å². The predicted molar refractivity (Wildman–Crippen MR) is 118 cm³/mol. The van der Waals surface area contributed by atoms with Gasteiger partial charge >= 0.3 is 0 Å². The Morgan fingerprint density at radius 2 is 1.31 bits per heavy atom. The van der Waals surface area contributed by atoms with Gasteiger partial charge in [-0.3, -0.25) is 9.97 Å². The van der Waals surface area contributed by atoms with Crippen molar-refractivity contribution in [3.05, 3.63) is 47.5 Å². The van der Waals surface area contributed by atoms with E-state index in [2.05, 4.69) is 25.6 Å². The van der Waals surface area contributed by atoms with E-state index in [1.807, 2.05) is 73.0 Å². The number of hydrogen-bond acceptors (Lipinski definition) is 6. The predicted octanol–water partition coefficient (Wildman–Crippen LogP) is 7.08. The van der Waals surface area contributed by atoms with Gasteiger partial charge in [-0.1, -0.05) is 41.5 Å². The van der Waals surface area contributed by atoms with Gasteiger partial charge in [0.2, 0.25) is 0 Å². The molecule has 0 unspecified atom stereocenters. The third kappa shape index (κ3) is 6.77. The van der Waals surface area contributed by atoms with E-state index in [1.54, 1.807) is 12.4 Å². The summed E-state index contributed by atoms with van der Waals surface area (Å²) in [6.07, 6.45) is 7.26. The Morgan fingerprint density at radius 1 is 0.692 bits per heavy atom. The fraction of sp³-hybridized carbons (Fsp3) is 0.400. The molecule has 0 saturated heterocycles. The number of nitrogens with zero attached hydrogens (tertiary/aromatic N) is 4. The van der Waals surface area contributed by atoms with Gasteiger partial charge in [-0.25, -0.2) is 0 Å². The van der Waals surface area contributed by atoms with Crippen LogP contribution in [-0.4, -0.2) is 18.7 Å². The quantitative estimate of drug-likeness (QED) is 0.322. The summed E-state index contributed by atoms with van der Waals surface area (Å²) >= 11 is 3.03. The van der Waals surface area contributed by atoms with Crippen LogP contribution in [0.15, 0.2) is 36.9 Å². The Kier molecular flexibility index (Phi) is 13.2. The molecule has 0 atom stereocenters. The lowest BCUT2D eigenvalue weighted by Crippen LogP contribution is -1.70. The van der Waals surface area contributed by atoms with Crippen molar-refractivity contribution < 1.29 is 0 Å². The molecule has 4 aromatic heterocycles. The van der Waals surface area contributed by atoms with Crippen LogP contribution < -0.4 is 0 Å². The van der Waals surface area contributed by atoms with Gasteiger partial charge in [-0.15, -0.1) is 0 Å². The molecule has 6 heteroatoms. The van der Waals surface area contributed by atoms with Gasteiger partial charge in [-0.05, 0) is 49.0 Å². The van der Waals surface area contributed by atoms with Crippen molar-refractivity contribution in [3.8, 4) is 0 Å². The molecule has 0 aliphatic carbocycles. The van der Waals surface area contributed by atoms with Crippen molar-refractivity contribution in [3.63, 3.8) is 0 Å². The third-order valence-corrected chi connectivity index (χ3v) is 4.58.